The van der Waals surface area contributed by atoms with Gasteiger partial charge < -0.3 is 47.2 Å². The number of aliphatic carboxylic acids is 3. The lowest BCUT2D eigenvalue weighted by Gasteiger charge is -2.25. The molecule has 0 saturated heterocycles. The van der Waals surface area contributed by atoms with Gasteiger partial charge in [0, 0.05) is 19.3 Å². The van der Waals surface area contributed by atoms with Crippen molar-refractivity contribution in [3.8, 4) is 5.75 Å². The monoisotopic (exact) mass is 526 g/mol. The van der Waals surface area contributed by atoms with Gasteiger partial charge >= 0.3 is 17.9 Å². The number of aliphatic hydroxyl groups excluding tert-OH is 1. The number of carbonyl (C=O) groups excluding carboxylic acids is 3. The molecule has 0 saturated carbocycles. The number of phenols is 1. The number of nitrogens with one attached hydrogen (secondary N) is 3. The van der Waals surface area contributed by atoms with E-state index in [1.807, 2.05) is 5.32 Å². The summed E-state index contributed by atoms with van der Waals surface area (Å²) in [5.41, 5.74) is 6.18. The predicted molar refractivity (Wildman–Crippen MR) is 124 cm³/mol. The third-order valence-electron chi connectivity index (χ3n) is 5.09. The van der Waals surface area contributed by atoms with Gasteiger partial charge in [-0.05, 0) is 30.5 Å². The van der Waals surface area contributed by atoms with Crippen molar-refractivity contribution in [3.05, 3.63) is 29.8 Å². The maximum Gasteiger partial charge on any atom is 0.328 e. The SMILES string of the molecule is NC(CCC(=O)O)C(=O)NC(Cc1ccc(O)cc1)C(=O)NC(CCC(=O)O)C(=O)NC(CO)C(=O)O. The van der Waals surface area contributed by atoms with E-state index in [4.69, 9.17) is 26.2 Å². The molecule has 4 atom stereocenters. The number of nitrogens with two attached hydrogens (primary N) is 1. The van der Waals surface area contributed by atoms with Crippen LogP contribution < -0.4 is 21.7 Å². The van der Waals surface area contributed by atoms with E-state index in [1.54, 1.807) is 0 Å². The zero-order valence-corrected chi connectivity index (χ0v) is 19.6. The molecule has 0 aromatic heterocycles. The van der Waals surface area contributed by atoms with Crippen molar-refractivity contribution in [2.24, 2.45) is 5.73 Å². The summed E-state index contributed by atoms with van der Waals surface area (Å²) in [5, 5.41) is 52.0. The first-order chi connectivity index (χ1) is 17.3. The van der Waals surface area contributed by atoms with Gasteiger partial charge in [-0.1, -0.05) is 12.1 Å². The molecule has 0 fully saturated rings. The first-order valence-electron chi connectivity index (χ1n) is 11.1. The topological polar surface area (TPSA) is 266 Å². The molecule has 37 heavy (non-hydrogen) atoms. The third kappa shape index (κ3) is 11.4. The van der Waals surface area contributed by atoms with E-state index >= 15 is 0 Å². The number of carboxylic acids is 3. The van der Waals surface area contributed by atoms with Crippen molar-refractivity contribution in [3.63, 3.8) is 0 Å². The molecule has 0 spiro atoms. The lowest BCUT2D eigenvalue weighted by Crippen LogP contribution is -2.58. The van der Waals surface area contributed by atoms with E-state index in [2.05, 4.69) is 10.6 Å². The minimum Gasteiger partial charge on any atom is -0.508 e. The minimum absolute atomic E-state index is 0.0632. The Balaban J connectivity index is 3.13. The molecule has 0 aliphatic rings. The van der Waals surface area contributed by atoms with Gasteiger partial charge in [-0.3, -0.25) is 24.0 Å². The smallest absolute Gasteiger partial charge is 0.328 e. The van der Waals surface area contributed by atoms with Crippen molar-refractivity contribution in [2.75, 3.05) is 6.61 Å². The maximum atomic E-state index is 13.1. The first-order valence-corrected chi connectivity index (χ1v) is 11.1. The van der Waals surface area contributed by atoms with Gasteiger partial charge in [0.25, 0.3) is 0 Å². The Hall–Kier alpha value is -4.24. The van der Waals surface area contributed by atoms with E-state index in [9.17, 15) is 33.9 Å². The standard InChI is InChI=1S/C22H30N4O11/c23-13(5-7-17(29)30)19(33)25-15(9-11-1-3-12(28)4-2-11)21(35)24-14(6-8-18(31)32)20(34)26-16(10-27)22(36)37/h1-4,13-16,27-28H,5-10,23H2,(H,24,35)(H,25,33)(H,26,34)(H,29,30)(H,31,32)(H,36,37). The molecule has 204 valence electrons. The van der Waals surface area contributed by atoms with Crippen molar-refractivity contribution in [1.29, 1.82) is 0 Å². The normalized spacial score (nSPS) is 13.9. The summed E-state index contributed by atoms with van der Waals surface area (Å²) < 4.78 is 0. The second kappa shape index (κ2) is 15.0. The molecule has 1 rings (SSSR count). The molecule has 1 aromatic rings. The summed E-state index contributed by atoms with van der Waals surface area (Å²) >= 11 is 0. The Bertz CT molecular complexity index is 983. The van der Waals surface area contributed by atoms with Gasteiger partial charge in [-0.25, -0.2) is 4.79 Å². The molecule has 3 amide bonds. The highest BCUT2D eigenvalue weighted by atomic mass is 16.4. The molecule has 0 aliphatic heterocycles. The summed E-state index contributed by atoms with van der Waals surface area (Å²) in [6, 6.07) is -0.338. The zero-order chi connectivity index (χ0) is 28.1. The molecule has 4 unspecified atom stereocenters. The molecule has 15 nitrogen and oxygen atoms in total. The van der Waals surface area contributed by atoms with Crippen molar-refractivity contribution in [2.45, 2.75) is 56.3 Å². The van der Waals surface area contributed by atoms with Crippen molar-refractivity contribution < 1.29 is 54.3 Å². The van der Waals surface area contributed by atoms with Gasteiger partial charge in [0.1, 0.15) is 23.9 Å². The Morgan fingerprint density at radius 1 is 0.730 bits per heavy atom. The predicted octanol–water partition coefficient (Wildman–Crippen LogP) is -2.48. The van der Waals surface area contributed by atoms with E-state index < -0.39 is 85.7 Å². The molecule has 1 aromatic carbocycles. The number of carbonyl (C=O) groups is 6. The Morgan fingerprint density at radius 3 is 1.73 bits per heavy atom. The van der Waals surface area contributed by atoms with Crippen LogP contribution in [0.5, 0.6) is 5.75 Å². The number of rotatable bonds is 16. The Labute approximate surface area is 210 Å². The van der Waals surface area contributed by atoms with Gasteiger partial charge in [0.2, 0.25) is 17.7 Å². The summed E-state index contributed by atoms with van der Waals surface area (Å²) in [7, 11) is 0. The van der Waals surface area contributed by atoms with Crippen LogP contribution in [0.2, 0.25) is 0 Å². The fraction of sp³-hybridized carbons (Fsp3) is 0.455. The van der Waals surface area contributed by atoms with Crippen LogP contribution in [0.3, 0.4) is 0 Å². The van der Waals surface area contributed by atoms with Gasteiger partial charge in [-0.2, -0.15) is 0 Å². The zero-order valence-electron chi connectivity index (χ0n) is 19.6. The molecular formula is C22H30N4O11. The summed E-state index contributed by atoms with van der Waals surface area (Å²) in [6.07, 6.45) is -1.81. The van der Waals surface area contributed by atoms with Crippen LogP contribution in [0.1, 0.15) is 31.2 Å². The summed E-state index contributed by atoms with van der Waals surface area (Å²) in [5.74, 6) is -7.01. The molecule has 0 aliphatic carbocycles. The number of hydrogen-bond acceptors (Lipinski definition) is 9. The fourth-order valence-electron chi connectivity index (χ4n) is 3.03. The average molecular weight is 526 g/mol. The van der Waals surface area contributed by atoms with Crippen LogP contribution >= 0.6 is 0 Å². The largest absolute Gasteiger partial charge is 0.508 e. The summed E-state index contributed by atoms with van der Waals surface area (Å²) in [4.78, 5) is 71.1. The highest BCUT2D eigenvalue weighted by molar-refractivity contribution is 5.94. The maximum absolute atomic E-state index is 13.1. The first kappa shape index (κ1) is 30.8. The molecule has 0 heterocycles. The van der Waals surface area contributed by atoms with E-state index in [0.29, 0.717) is 5.56 Å². The van der Waals surface area contributed by atoms with Crippen molar-refractivity contribution >= 4 is 35.6 Å². The third-order valence-corrected chi connectivity index (χ3v) is 5.09. The van der Waals surface area contributed by atoms with Crippen LogP contribution in [0.25, 0.3) is 0 Å². The quantitative estimate of drug-likeness (QED) is 0.108. The molecule has 0 bridgehead atoms. The molecule has 0 radical (unpaired) electrons. The highest BCUT2D eigenvalue weighted by Crippen LogP contribution is 2.12. The minimum atomic E-state index is -1.71. The number of benzene rings is 1. The Morgan fingerprint density at radius 2 is 1.22 bits per heavy atom. The summed E-state index contributed by atoms with van der Waals surface area (Å²) in [6.45, 7) is -0.964. The number of phenolic OH excluding ortho intramolecular Hbond substituents is 1. The Kier molecular flexibility index (Phi) is 12.5. The lowest BCUT2D eigenvalue weighted by molar-refractivity contribution is -0.144. The average Bonchev–Trinajstić information content (AvgIpc) is 2.83. The van der Waals surface area contributed by atoms with Crippen LogP contribution in [-0.4, -0.2) is 91.9 Å². The lowest BCUT2D eigenvalue weighted by atomic mass is 10.0. The number of aromatic hydroxyl groups is 1. The van der Waals surface area contributed by atoms with E-state index in [1.165, 1.54) is 24.3 Å². The number of amides is 3. The number of carboxylic acid groups (broad SMARTS) is 3. The molecule has 10 N–H and O–H groups in total. The van der Waals surface area contributed by atoms with Gasteiger partial charge in [0.15, 0.2) is 0 Å². The van der Waals surface area contributed by atoms with E-state index in [-0.39, 0.29) is 18.6 Å². The molecule has 15 heteroatoms. The van der Waals surface area contributed by atoms with Crippen LogP contribution in [0.4, 0.5) is 0 Å². The van der Waals surface area contributed by atoms with Crippen molar-refractivity contribution in [1.82, 2.24) is 16.0 Å². The fourth-order valence-corrected chi connectivity index (χ4v) is 3.03. The molecular weight excluding hydrogens is 496 g/mol. The van der Waals surface area contributed by atoms with Crippen LogP contribution in [-0.2, 0) is 35.2 Å². The number of aliphatic hydroxyl groups is 1. The second-order valence-corrected chi connectivity index (χ2v) is 8.05. The van der Waals surface area contributed by atoms with E-state index in [0.717, 1.165) is 0 Å². The second-order valence-electron chi connectivity index (χ2n) is 8.05. The van der Waals surface area contributed by atoms with Crippen LogP contribution in [0.15, 0.2) is 24.3 Å². The van der Waals surface area contributed by atoms with Gasteiger partial charge in [0.05, 0.1) is 12.6 Å². The highest BCUT2D eigenvalue weighted by Gasteiger charge is 2.30. The van der Waals surface area contributed by atoms with Gasteiger partial charge in [-0.15, -0.1) is 0 Å². The van der Waals surface area contributed by atoms with Crippen LogP contribution in [0, 0.1) is 0 Å². The number of hydrogen-bond donors (Lipinski definition) is 9.